The SMILES string of the molecule is C/C=C1/CN2CC[C@]34C(=Nc5ccccc53)[C@@H]2C[C@@H]1[C@]4(C=O)C(=O)OC. The minimum absolute atomic E-state index is 0.135. The molecule has 4 atom stereocenters. The summed E-state index contributed by atoms with van der Waals surface area (Å²) >= 11 is 0. The second kappa shape index (κ2) is 5.13. The third-order valence-electron chi connectivity index (χ3n) is 7.20. The lowest BCUT2D eigenvalue weighted by atomic mass is 9.43. The van der Waals surface area contributed by atoms with Crippen molar-refractivity contribution < 1.29 is 14.3 Å². The number of rotatable bonds is 2. The smallest absolute Gasteiger partial charge is 0.321 e. The van der Waals surface area contributed by atoms with Gasteiger partial charge in [0.1, 0.15) is 11.7 Å². The van der Waals surface area contributed by atoms with Crippen LogP contribution in [0.25, 0.3) is 0 Å². The molecule has 5 rings (SSSR count). The molecule has 0 amide bonds. The Morgan fingerprint density at radius 3 is 2.92 bits per heavy atom. The molecule has 5 nitrogen and oxygen atoms in total. The number of ether oxygens (including phenoxy) is 1. The maximum atomic E-state index is 13.3. The summed E-state index contributed by atoms with van der Waals surface area (Å²) in [6, 6.07) is 8.17. The third-order valence-corrected chi connectivity index (χ3v) is 7.20. The summed E-state index contributed by atoms with van der Waals surface area (Å²) in [6.07, 6.45) is 4.45. The predicted molar refractivity (Wildman–Crippen MR) is 97.6 cm³/mol. The van der Waals surface area contributed by atoms with Crippen molar-refractivity contribution in [3.8, 4) is 0 Å². The standard InChI is InChI=1S/C21H22N2O3/c1-3-13-11-23-9-8-20-14-6-4-5-7-16(14)22-18(20)17(23)10-15(13)21(20,12-24)19(25)26-2/h3-7,12,15,17H,8-11H2,1-2H3/b13-3-/t15-,17-,20+,21+/m0/s1. The van der Waals surface area contributed by atoms with Crippen molar-refractivity contribution in [2.24, 2.45) is 16.3 Å². The summed E-state index contributed by atoms with van der Waals surface area (Å²) in [6.45, 7) is 3.65. The molecule has 3 fully saturated rings. The molecule has 0 radical (unpaired) electrons. The number of allylic oxidation sites excluding steroid dienone is 1. The second-order valence-corrected chi connectivity index (χ2v) is 7.79. The Morgan fingerprint density at radius 2 is 2.19 bits per heavy atom. The van der Waals surface area contributed by atoms with Crippen LogP contribution in [0.15, 0.2) is 40.9 Å². The van der Waals surface area contributed by atoms with E-state index in [1.54, 1.807) is 0 Å². The van der Waals surface area contributed by atoms with E-state index in [4.69, 9.17) is 9.73 Å². The predicted octanol–water partition coefficient (Wildman–Crippen LogP) is 2.42. The molecule has 1 aromatic rings. The van der Waals surface area contributed by atoms with Gasteiger partial charge in [-0.05, 0) is 31.4 Å². The average molecular weight is 350 g/mol. The van der Waals surface area contributed by atoms with Gasteiger partial charge in [0, 0.05) is 24.7 Å². The van der Waals surface area contributed by atoms with Gasteiger partial charge >= 0.3 is 5.97 Å². The molecule has 0 N–H and O–H groups in total. The molecule has 5 heteroatoms. The Morgan fingerprint density at radius 1 is 1.38 bits per heavy atom. The van der Waals surface area contributed by atoms with Crippen LogP contribution < -0.4 is 0 Å². The topological polar surface area (TPSA) is 59.0 Å². The van der Waals surface area contributed by atoms with Crippen molar-refractivity contribution in [3.63, 3.8) is 0 Å². The van der Waals surface area contributed by atoms with E-state index in [0.717, 1.165) is 49.2 Å². The lowest BCUT2D eigenvalue weighted by Gasteiger charge is -2.62. The first kappa shape index (κ1) is 15.9. The fourth-order valence-electron chi connectivity index (χ4n) is 6.15. The Hall–Kier alpha value is -2.27. The van der Waals surface area contributed by atoms with Gasteiger partial charge in [-0.1, -0.05) is 29.8 Å². The fraction of sp³-hybridized carbons (Fsp3) is 0.476. The summed E-state index contributed by atoms with van der Waals surface area (Å²) in [5, 5.41) is 0. The van der Waals surface area contributed by atoms with Gasteiger partial charge in [0.2, 0.25) is 0 Å². The van der Waals surface area contributed by atoms with Gasteiger partial charge in [-0.25, -0.2) is 0 Å². The molecule has 3 bridgehead atoms. The first-order valence-electron chi connectivity index (χ1n) is 9.26. The highest BCUT2D eigenvalue weighted by atomic mass is 16.5. The van der Waals surface area contributed by atoms with E-state index >= 15 is 0 Å². The van der Waals surface area contributed by atoms with E-state index in [1.165, 1.54) is 12.7 Å². The maximum absolute atomic E-state index is 13.3. The number of methoxy groups -OCH3 is 1. The van der Waals surface area contributed by atoms with Gasteiger partial charge in [-0.2, -0.15) is 0 Å². The van der Waals surface area contributed by atoms with E-state index in [2.05, 4.69) is 11.0 Å². The monoisotopic (exact) mass is 350 g/mol. The summed E-state index contributed by atoms with van der Waals surface area (Å²) in [5.74, 6) is -0.556. The molecule has 26 heavy (non-hydrogen) atoms. The average Bonchev–Trinajstić information content (AvgIpc) is 3.04. The van der Waals surface area contributed by atoms with Crippen molar-refractivity contribution in [2.75, 3.05) is 20.2 Å². The van der Waals surface area contributed by atoms with E-state index in [9.17, 15) is 9.59 Å². The summed E-state index contributed by atoms with van der Waals surface area (Å²) in [7, 11) is 1.39. The van der Waals surface area contributed by atoms with E-state index in [0.29, 0.717) is 0 Å². The van der Waals surface area contributed by atoms with Crippen LogP contribution in [-0.2, 0) is 19.7 Å². The van der Waals surface area contributed by atoms with Gasteiger partial charge in [0.25, 0.3) is 0 Å². The number of hydrogen-bond acceptors (Lipinski definition) is 5. The third kappa shape index (κ3) is 1.51. The van der Waals surface area contributed by atoms with Gasteiger partial charge < -0.3 is 9.53 Å². The van der Waals surface area contributed by atoms with Crippen LogP contribution in [0.4, 0.5) is 5.69 Å². The molecule has 0 spiro atoms. The van der Waals surface area contributed by atoms with Crippen molar-refractivity contribution in [2.45, 2.75) is 31.2 Å². The quantitative estimate of drug-likeness (QED) is 0.356. The lowest BCUT2D eigenvalue weighted by molar-refractivity contribution is -0.166. The number of piperidine rings is 2. The molecule has 3 heterocycles. The fourth-order valence-corrected chi connectivity index (χ4v) is 6.15. The zero-order chi connectivity index (χ0) is 18.1. The molecule has 1 saturated carbocycles. The van der Waals surface area contributed by atoms with Crippen LogP contribution in [0.2, 0.25) is 0 Å². The van der Waals surface area contributed by atoms with E-state index in [1.807, 2.05) is 31.2 Å². The molecule has 1 aromatic carbocycles. The number of nitrogens with zero attached hydrogens (tertiary/aromatic N) is 2. The van der Waals surface area contributed by atoms with Crippen molar-refractivity contribution >= 4 is 23.7 Å². The van der Waals surface area contributed by atoms with Crippen LogP contribution in [0, 0.1) is 11.3 Å². The first-order chi connectivity index (χ1) is 12.6. The zero-order valence-corrected chi connectivity index (χ0v) is 15.1. The van der Waals surface area contributed by atoms with Crippen LogP contribution in [0.5, 0.6) is 0 Å². The number of carbonyl (C=O) groups excluding carboxylic acids is 2. The number of hydrogen-bond donors (Lipinski definition) is 0. The Bertz CT molecular complexity index is 889. The molecule has 0 unspecified atom stereocenters. The summed E-state index contributed by atoms with van der Waals surface area (Å²) < 4.78 is 5.27. The highest BCUT2D eigenvalue weighted by Crippen LogP contribution is 2.65. The van der Waals surface area contributed by atoms with Crippen LogP contribution in [0.3, 0.4) is 0 Å². The summed E-state index contributed by atoms with van der Waals surface area (Å²) in [4.78, 5) is 33.5. The van der Waals surface area contributed by atoms with Gasteiger partial charge in [0.15, 0.2) is 0 Å². The normalized spacial score (nSPS) is 38.5. The van der Waals surface area contributed by atoms with Gasteiger partial charge in [-0.15, -0.1) is 0 Å². The number of carbonyl (C=O) groups is 2. The lowest BCUT2D eigenvalue weighted by Crippen LogP contribution is -2.74. The number of fused-ring (bicyclic) bond motifs is 2. The molecule has 2 saturated heterocycles. The zero-order valence-electron chi connectivity index (χ0n) is 15.1. The molecule has 134 valence electrons. The minimum Gasteiger partial charge on any atom is -0.468 e. The Kier molecular flexibility index (Phi) is 3.15. The molecular weight excluding hydrogens is 328 g/mol. The second-order valence-electron chi connectivity index (χ2n) is 7.79. The molecule has 0 aromatic heterocycles. The van der Waals surface area contributed by atoms with E-state index < -0.39 is 16.8 Å². The Labute approximate surface area is 152 Å². The number of aldehydes is 1. The number of aliphatic imine (C=N–C) groups is 1. The first-order valence-corrected chi connectivity index (χ1v) is 9.26. The largest absolute Gasteiger partial charge is 0.468 e. The van der Waals surface area contributed by atoms with Gasteiger partial charge in [0.05, 0.1) is 24.3 Å². The number of para-hydroxylation sites is 1. The highest BCUT2D eigenvalue weighted by molar-refractivity contribution is 6.15. The van der Waals surface area contributed by atoms with Crippen molar-refractivity contribution in [1.29, 1.82) is 0 Å². The summed E-state index contributed by atoms with van der Waals surface area (Å²) in [5.41, 5.74) is 2.15. The number of esters is 1. The molecular formula is C21H22N2O3. The van der Waals surface area contributed by atoms with Crippen LogP contribution >= 0.6 is 0 Å². The number of benzene rings is 1. The molecule has 4 aliphatic rings. The molecule has 3 aliphatic heterocycles. The van der Waals surface area contributed by atoms with Crippen LogP contribution in [-0.4, -0.2) is 49.1 Å². The minimum atomic E-state index is -1.24. The highest BCUT2D eigenvalue weighted by Gasteiger charge is 2.73. The van der Waals surface area contributed by atoms with Crippen LogP contribution in [0.1, 0.15) is 25.3 Å². The van der Waals surface area contributed by atoms with E-state index in [-0.39, 0.29) is 12.0 Å². The van der Waals surface area contributed by atoms with Crippen molar-refractivity contribution in [1.82, 2.24) is 4.90 Å². The maximum Gasteiger partial charge on any atom is 0.321 e. The van der Waals surface area contributed by atoms with Gasteiger partial charge in [-0.3, -0.25) is 14.7 Å². The molecule has 1 aliphatic carbocycles. The van der Waals surface area contributed by atoms with Crippen molar-refractivity contribution in [3.05, 3.63) is 41.5 Å². The Balaban J connectivity index is 1.88.